The number of benzene rings is 1. The zero-order valence-corrected chi connectivity index (χ0v) is 12.9. The third kappa shape index (κ3) is 2.90. The predicted molar refractivity (Wildman–Crippen MR) is 73.4 cm³/mol. The van der Waals surface area contributed by atoms with Crippen LogP contribution in [0.4, 0.5) is 0 Å². The predicted octanol–water partition coefficient (Wildman–Crippen LogP) is 2.11. The minimum absolute atomic E-state index is 0.0508. The van der Waals surface area contributed by atoms with Gasteiger partial charge in [-0.15, -0.1) is 0 Å². The van der Waals surface area contributed by atoms with Crippen molar-refractivity contribution in [2.45, 2.75) is 17.7 Å². The summed E-state index contributed by atoms with van der Waals surface area (Å²) in [5.74, 6) is -0.176. The van der Waals surface area contributed by atoms with Crippen LogP contribution in [0.3, 0.4) is 0 Å². The molecule has 5 nitrogen and oxygen atoms in total. The Hall–Kier alpha value is -0.340. The van der Waals surface area contributed by atoms with Crippen LogP contribution in [0.15, 0.2) is 23.1 Å². The monoisotopic (exact) mass is 343 g/mol. The van der Waals surface area contributed by atoms with Crippen molar-refractivity contribution in [1.29, 1.82) is 0 Å². The summed E-state index contributed by atoms with van der Waals surface area (Å²) in [7, 11) is -8.01. The van der Waals surface area contributed by atoms with Crippen molar-refractivity contribution in [3.63, 3.8) is 0 Å². The van der Waals surface area contributed by atoms with Crippen LogP contribution in [0.2, 0.25) is 10.0 Å². The Morgan fingerprint density at radius 3 is 2.47 bits per heavy atom. The summed E-state index contributed by atoms with van der Waals surface area (Å²) in [6.07, 6.45) is 0.953. The Bertz CT molecular complexity index is 700. The maximum atomic E-state index is 12.4. The molecule has 1 aliphatic heterocycles. The van der Waals surface area contributed by atoms with E-state index < -0.39 is 20.0 Å². The van der Waals surface area contributed by atoms with Crippen molar-refractivity contribution < 1.29 is 16.8 Å². The highest BCUT2D eigenvalue weighted by Crippen LogP contribution is 2.30. The topological polar surface area (TPSA) is 71.5 Å². The van der Waals surface area contributed by atoms with Gasteiger partial charge in [0.25, 0.3) is 10.0 Å². The van der Waals surface area contributed by atoms with E-state index in [1.807, 2.05) is 0 Å². The molecule has 1 saturated heterocycles. The summed E-state index contributed by atoms with van der Waals surface area (Å²) < 4.78 is 49.0. The average Bonchev–Trinajstić information content (AvgIpc) is 2.31. The molecule has 9 heteroatoms. The molecule has 1 fully saturated rings. The van der Waals surface area contributed by atoms with E-state index in [2.05, 4.69) is 0 Å². The van der Waals surface area contributed by atoms with Gasteiger partial charge in [0.1, 0.15) is 4.90 Å². The van der Waals surface area contributed by atoms with Gasteiger partial charge in [-0.05, 0) is 31.0 Å². The first-order valence-electron chi connectivity index (χ1n) is 5.46. The van der Waals surface area contributed by atoms with Gasteiger partial charge >= 0.3 is 0 Å². The summed E-state index contributed by atoms with van der Waals surface area (Å²) in [5, 5.41) is 0.127. The molecule has 0 aromatic heterocycles. The van der Waals surface area contributed by atoms with E-state index in [0.717, 1.165) is 6.07 Å². The SMILES string of the molecule is O=S1(=O)CCCCN1S(=O)(=O)c1cc(Cl)ccc1Cl. The van der Waals surface area contributed by atoms with Gasteiger partial charge in [0.2, 0.25) is 10.0 Å². The van der Waals surface area contributed by atoms with Gasteiger partial charge in [-0.25, -0.2) is 16.8 Å². The van der Waals surface area contributed by atoms with Gasteiger partial charge in [-0.3, -0.25) is 0 Å². The third-order valence-electron chi connectivity index (χ3n) is 2.74. The largest absolute Gasteiger partial charge is 0.257 e. The molecule has 1 aliphatic rings. The van der Waals surface area contributed by atoms with Crippen molar-refractivity contribution in [2.24, 2.45) is 0 Å². The number of halogens is 2. The first-order valence-corrected chi connectivity index (χ1v) is 9.26. The Morgan fingerprint density at radius 1 is 1.16 bits per heavy atom. The average molecular weight is 344 g/mol. The Labute approximate surface area is 122 Å². The normalized spacial score (nSPS) is 20.3. The molecule has 0 bridgehead atoms. The zero-order chi connectivity index (χ0) is 14.3. The first-order chi connectivity index (χ1) is 8.75. The number of sulfonamides is 2. The Kier molecular flexibility index (Phi) is 4.13. The van der Waals surface area contributed by atoms with E-state index >= 15 is 0 Å². The van der Waals surface area contributed by atoms with Gasteiger partial charge in [0, 0.05) is 11.6 Å². The summed E-state index contributed by atoms with van der Waals surface area (Å²) in [6.45, 7) is -0.0620. The fourth-order valence-electron chi connectivity index (χ4n) is 1.82. The van der Waals surface area contributed by atoms with Crippen molar-refractivity contribution in [2.75, 3.05) is 12.3 Å². The fourth-order valence-corrected chi connectivity index (χ4v) is 6.49. The van der Waals surface area contributed by atoms with Crippen molar-refractivity contribution in [1.82, 2.24) is 3.71 Å². The highest BCUT2D eigenvalue weighted by atomic mass is 35.5. The van der Waals surface area contributed by atoms with Crippen LogP contribution in [0.1, 0.15) is 12.8 Å². The van der Waals surface area contributed by atoms with Gasteiger partial charge in [-0.1, -0.05) is 26.9 Å². The summed E-state index contributed by atoms with van der Waals surface area (Å²) in [4.78, 5) is -0.285. The van der Waals surface area contributed by atoms with E-state index in [9.17, 15) is 16.8 Å². The van der Waals surface area contributed by atoms with Crippen LogP contribution in [-0.4, -0.2) is 32.8 Å². The van der Waals surface area contributed by atoms with Crippen LogP contribution in [0.5, 0.6) is 0 Å². The highest BCUT2D eigenvalue weighted by molar-refractivity contribution is 8.04. The summed E-state index contributed by atoms with van der Waals surface area (Å²) in [5.41, 5.74) is 0. The molecule has 0 aliphatic carbocycles. The van der Waals surface area contributed by atoms with Gasteiger partial charge < -0.3 is 0 Å². The Balaban J connectivity index is 2.56. The lowest BCUT2D eigenvalue weighted by Gasteiger charge is -2.25. The van der Waals surface area contributed by atoms with E-state index in [1.165, 1.54) is 12.1 Å². The number of hydrogen-bond donors (Lipinski definition) is 0. The zero-order valence-electron chi connectivity index (χ0n) is 9.71. The van der Waals surface area contributed by atoms with E-state index in [-0.39, 0.29) is 27.2 Å². The summed E-state index contributed by atoms with van der Waals surface area (Å²) in [6, 6.07) is 3.92. The van der Waals surface area contributed by atoms with Crippen LogP contribution in [0, 0.1) is 0 Å². The molecule has 0 spiro atoms. The molecule has 19 heavy (non-hydrogen) atoms. The minimum atomic E-state index is -4.19. The molecule has 0 unspecified atom stereocenters. The smallest absolute Gasteiger partial charge is 0.211 e. The second-order valence-corrected chi connectivity index (χ2v) is 9.02. The third-order valence-corrected chi connectivity index (χ3v) is 7.91. The minimum Gasteiger partial charge on any atom is -0.211 e. The molecule has 1 aromatic rings. The molecule has 0 radical (unpaired) electrons. The fraction of sp³-hybridized carbons (Fsp3) is 0.400. The molecule has 1 aromatic carbocycles. The molecule has 0 amide bonds. The van der Waals surface area contributed by atoms with Crippen LogP contribution >= 0.6 is 23.2 Å². The maximum absolute atomic E-state index is 12.4. The van der Waals surface area contributed by atoms with Gasteiger partial charge in [-0.2, -0.15) is 0 Å². The van der Waals surface area contributed by atoms with Crippen LogP contribution in [0.25, 0.3) is 0 Å². The Morgan fingerprint density at radius 2 is 1.84 bits per heavy atom. The number of hydrogen-bond acceptors (Lipinski definition) is 4. The number of nitrogens with zero attached hydrogens (tertiary/aromatic N) is 1. The summed E-state index contributed by atoms with van der Waals surface area (Å²) >= 11 is 11.6. The lowest BCUT2D eigenvalue weighted by atomic mass is 10.3. The molecule has 2 rings (SSSR count). The van der Waals surface area contributed by atoms with E-state index in [4.69, 9.17) is 23.2 Å². The number of rotatable bonds is 2. The van der Waals surface area contributed by atoms with Crippen molar-refractivity contribution in [3.8, 4) is 0 Å². The van der Waals surface area contributed by atoms with Crippen molar-refractivity contribution in [3.05, 3.63) is 28.2 Å². The van der Waals surface area contributed by atoms with Crippen molar-refractivity contribution >= 4 is 43.2 Å². The second-order valence-electron chi connectivity index (χ2n) is 4.10. The first kappa shape index (κ1) is 15.1. The molecule has 0 saturated carbocycles. The quantitative estimate of drug-likeness (QED) is 0.824. The molecular weight excluding hydrogens is 333 g/mol. The molecule has 0 atom stereocenters. The van der Waals surface area contributed by atoms with E-state index in [0.29, 0.717) is 16.6 Å². The lowest BCUT2D eigenvalue weighted by molar-refractivity contribution is 0.470. The molecule has 0 N–H and O–H groups in total. The standard InChI is InChI=1S/C10H11Cl2NO4S2/c11-8-3-4-9(12)10(7-8)19(16,17)13-5-1-2-6-18(13,14)15/h3-4,7H,1-2,5-6H2. The highest BCUT2D eigenvalue weighted by Gasteiger charge is 2.38. The van der Waals surface area contributed by atoms with Crippen LogP contribution in [-0.2, 0) is 20.0 Å². The van der Waals surface area contributed by atoms with Crippen LogP contribution < -0.4 is 0 Å². The lowest BCUT2D eigenvalue weighted by Crippen LogP contribution is -2.42. The van der Waals surface area contributed by atoms with E-state index in [1.54, 1.807) is 0 Å². The maximum Gasteiger partial charge on any atom is 0.257 e. The van der Waals surface area contributed by atoms with Gasteiger partial charge in [0.15, 0.2) is 0 Å². The van der Waals surface area contributed by atoms with Gasteiger partial charge in [0.05, 0.1) is 10.8 Å². The molecule has 106 valence electrons. The second kappa shape index (κ2) is 5.21. The molecular formula is C10H11Cl2NO4S2. The molecule has 1 heterocycles.